The average molecular weight is 412 g/mol. The molecule has 1 aromatic carbocycles. The zero-order valence-corrected chi connectivity index (χ0v) is 14.5. The molecular formula is C17H15F3N4O5. The number of ether oxygens (including phenoxy) is 1. The van der Waals surface area contributed by atoms with Gasteiger partial charge in [-0.2, -0.15) is 18.2 Å². The smallest absolute Gasteiger partial charge is 0.394 e. The Morgan fingerprint density at radius 2 is 1.86 bits per heavy atom. The molecule has 1 aromatic heterocycles. The molecule has 0 radical (unpaired) electrons. The Labute approximate surface area is 161 Å². The number of aliphatic hydroxyl groups is 3. The Balaban J connectivity index is 1.94. The quantitative estimate of drug-likeness (QED) is 0.493. The van der Waals surface area contributed by atoms with E-state index in [2.05, 4.69) is 21.9 Å². The van der Waals surface area contributed by atoms with E-state index in [4.69, 9.17) is 10.5 Å². The van der Waals surface area contributed by atoms with Gasteiger partial charge in [0.15, 0.2) is 6.23 Å². The predicted octanol–water partition coefficient (Wildman–Crippen LogP) is -0.593. The highest BCUT2D eigenvalue weighted by Gasteiger charge is 2.45. The van der Waals surface area contributed by atoms with Crippen LogP contribution in [0.1, 0.15) is 33.8 Å². The SMILES string of the molecule is NC(=O)c1nc(C#Cc2ccc(C(F)(F)F)cc2)n(C2O[C@H](CO)[C@@H](O)[C@H]2O)n1. The van der Waals surface area contributed by atoms with Crippen molar-refractivity contribution >= 4 is 5.91 Å². The molecule has 2 aromatic rings. The molecule has 4 atom stereocenters. The summed E-state index contributed by atoms with van der Waals surface area (Å²) in [6.07, 6.45) is -9.85. The summed E-state index contributed by atoms with van der Waals surface area (Å²) >= 11 is 0. The number of carbonyl (C=O) groups is 1. The van der Waals surface area contributed by atoms with Crippen molar-refractivity contribution < 1.29 is 38.0 Å². The first-order valence-corrected chi connectivity index (χ1v) is 8.20. The number of amides is 1. The summed E-state index contributed by atoms with van der Waals surface area (Å²) in [5.41, 5.74) is 4.53. The highest BCUT2D eigenvalue weighted by atomic mass is 19.4. The topological polar surface area (TPSA) is 144 Å². The Hall–Kier alpha value is -2.98. The zero-order chi connectivity index (χ0) is 21.3. The number of carbonyl (C=O) groups excluding carboxylic acids is 1. The minimum Gasteiger partial charge on any atom is -0.394 e. The van der Waals surface area contributed by atoms with E-state index >= 15 is 0 Å². The molecule has 29 heavy (non-hydrogen) atoms. The Morgan fingerprint density at radius 3 is 2.38 bits per heavy atom. The van der Waals surface area contributed by atoms with Gasteiger partial charge in [-0.3, -0.25) is 4.79 Å². The fourth-order valence-electron chi connectivity index (χ4n) is 2.64. The molecule has 0 bridgehead atoms. The molecular weight excluding hydrogens is 397 g/mol. The third-order valence-corrected chi connectivity index (χ3v) is 4.14. The zero-order valence-electron chi connectivity index (χ0n) is 14.5. The Morgan fingerprint density at radius 1 is 1.21 bits per heavy atom. The van der Waals surface area contributed by atoms with Crippen LogP contribution in [0.25, 0.3) is 0 Å². The van der Waals surface area contributed by atoms with Crippen molar-refractivity contribution in [3.63, 3.8) is 0 Å². The van der Waals surface area contributed by atoms with E-state index in [1.54, 1.807) is 0 Å². The number of halogens is 3. The molecule has 1 saturated heterocycles. The number of nitrogens with two attached hydrogens (primary N) is 1. The first kappa shape index (κ1) is 20.7. The van der Waals surface area contributed by atoms with Crippen LogP contribution >= 0.6 is 0 Å². The summed E-state index contributed by atoms with van der Waals surface area (Å²) in [4.78, 5) is 15.2. The summed E-state index contributed by atoms with van der Waals surface area (Å²) in [7, 11) is 0. The number of benzene rings is 1. The summed E-state index contributed by atoms with van der Waals surface area (Å²) in [6, 6.07) is 4.02. The second-order valence-electron chi connectivity index (χ2n) is 6.12. The molecule has 0 spiro atoms. The summed E-state index contributed by atoms with van der Waals surface area (Å²) in [5, 5.41) is 33.0. The molecule has 0 saturated carbocycles. The van der Waals surface area contributed by atoms with Crippen LogP contribution in [-0.4, -0.2) is 60.9 Å². The fourth-order valence-corrected chi connectivity index (χ4v) is 2.64. The van der Waals surface area contributed by atoms with Gasteiger partial charge in [-0.1, -0.05) is 5.92 Å². The first-order chi connectivity index (χ1) is 13.6. The van der Waals surface area contributed by atoms with Gasteiger partial charge >= 0.3 is 6.18 Å². The van der Waals surface area contributed by atoms with Gasteiger partial charge in [-0.05, 0) is 30.2 Å². The molecule has 1 aliphatic rings. The highest BCUT2D eigenvalue weighted by Crippen LogP contribution is 2.30. The Kier molecular flexibility index (Phi) is 5.58. The normalized spacial score (nSPS) is 24.2. The molecule has 3 rings (SSSR count). The van der Waals surface area contributed by atoms with Crippen molar-refractivity contribution in [3.05, 3.63) is 47.0 Å². The summed E-state index contributed by atoms with van der Waals surface area (Å²) in [6.45, 7) is -0.585. The lowest BCUT2D eigenvalue weighted by Gasteiger charge is -2.15. The van der Waals surface area contributed by atoms with Gasteiger partial charge in [0.25, 0.3) is 5.91 Å². The molecule has 9 nitrogen and oxygen atoms in total. The van der Waals surface area contributed by atoms with Crippen molar-refractivity contribution in [1.82, 2.24) is 14.8 Å². The van der Waals surface area contributed by atoms with Gasteiger partial charge in [0, 0.05) is 5.56 Å². The number of aromatic nitrogens is 3. The van der Waals surface area contributed by atoms with Crippen molar-refractivity contribution in [2.75, 3.05) is 6.61 Å². The lowest BCUT2D eigenvalue weighted by atomic mass is 10.1. The van der Waals surface area contributed by atoms with Crippen molar-refractivity contribution in [1.29, 1.82) is 0 Å². The molecule has 0 aliphatic carbocycles. The first-order valence-electron chi connectivity index (χ1n) is 8.20. The molecule has 1 amide bonds. The fraction of sp³-hybridized carbons (Fsp3) is 0.353. The van der Waals surface area contributed by atoms with Crippen LogP contribution < -0.4 is 5.73 Å². The van der Waals surface area contributed by atoms with E-state index in [0.717, 1.165) is 28.9 Å². The van der Waals surface area contributed by atoms with Gasteiger partial charge in [0.2, 0.25) is 11.6 Å². The van der Waals surface area contributed by atoms with Crippen LogP contribution in [0.4, 0.5) is 13.2 Å². The lowest BCUT2D eigenvalue weighted by molar-refractivity contribution is -0.137. The van der Waals surface area contributed by atoms with Gasteiger partial charge in [0.1, 0.15) is 18.3 Å². The Bertz CT molecular complexity index is 964. The maximum atomic E-state index is 12.6. The maximum Gasteiger partial charge on any atom is 0.416 e. The van der Waals surface area contributed by atoms with Crippen LogP contribution in [0.3, 0.4) is 0 Å². The number of hydrogen-bond donors (Lipinski definition) is 4. The average Bonchev–Trinajstić information content (AvgIpc) is 3.21. The number of primary amides is 1. The van der Waals surface area contributed by atoms with Crippen molar-refractivity contribution in [2.45, 2.75) is 30.7 Å². The highest BCUT2D eigenvalue weighted by molar-refractivity contribution is 5.88. The van der Waals surface area contributed by atoms with E-state index in [-0.39, 0.29) is 11.4 Å². The molecule has 2 heterocycles. The third-order valence-electron chi connectivity index (χ3n) is 4.14. The van der Waals surface area contributed by atoms with Crippen LogP contribution in [0.2, 0.25) is 0 Å². The van der Waals surface area contributed by atoms with Crippen molar-refractivity contribution in [3.8, 4) is 11.8 Å². The molecule has 154 valence electrons. The second-order valence-corrected chi connectivity index (χ2v) is 6.12. The molecule has 5 N–H and O–H groups in total. The molecule has 1 fully saturated rings. The largest absolute Gasteiger partial charge is 0.416 e. The van der Waals surface area contributed by atoms with Crippen LogP contribution in [0.15, 0.2) is 24.3 Å². The molecule has 12 heteroatoms. The van der Waals surface area contributed by atoms with E-state index in [1.807, 2.05) is 0 Å². The summed E-state index contributed by atoms with van der Waals surface area (Å²) < 4.78 is 44.1. The number of aliphatic hydroxyl groups excluding tert-OH is 3. The molecule has 1 aliphatic heterocycles. The van der Waals surface area contributed by atoms with Crippen LogP contribution in [-0.2, 0) is 10.9 Å². The van der Waals surface area contributed by atoms with Crippen LogP contribution in [0, 0.1) is 11.8 Å². The minimum absolute atomic E-state index is 0.187. The second kappa shape index (κ2) is 7.80. The summed E-state index contributed by atoms with van der Waals surface area (Å²) in [5.74, 6) is 3.46. The minimum atomic E-state index is -4.48. The van der Waals surface area contributed by atoms with Gasteiger partial charge in [-0.25, -0.2) is 4.68 Å². The number of hydrogen-bond acceptors (Lipinski definition) is 7. The lowest BCUT2D eigenvalue weighted by Crippen LogP contribution is -2.33. The number of rotatable bonds is 3. The molecule has 1 unspecified atom stereocenters. The van der Waals surface area contributed by atoms with Crippen LogP contribution in [0.5, 0.6) is 0 Å². The van der Waals surface area contributed by atoms with E-state index in [1.165, 1.54) is 0 Å². The number of alkyl halides is 3. The van der Waals surface area contributed by atoms with E-state index in [0.29, 0.717) is 0 Å². The van der Waals surface area contributed by atoms with Crippen molar-refractivity contribution in [2.24, 2.45) is 5.73 Å². The van der Waals surface area contributed by atoms with E-state index in [9.17, 15) is 33.3 Å². The third kappa shape index (κ3) is 4.22. The maximum absolute atomic E-state index is 12.6. The predicted molar refractivity (Wildman–Crippen MR) is 89.0 cm³/mol. The van der Waals surface area contributed by atoms with Gasteiger partial charge < -0.3 is 25.8 Å². The van der Waals surface area contributed by atoms with E-state index < -0.39 is 54.6 Å². The van der Waals surface area contributed by atoms with Gasteiger partial charge in [-0.15, -0.1) is 5.10 Å². The van der Waals surface area contributed by atoms with Gasteiger partial charge in [0.05, 0.1) is 12.2 Å². The standard InChI is InChI=1S/C17H15F3N4O5/c18-17(19,20)9-4-1-8(2-5-9)3-6-11-22-15(14(21)28)23-24(11)16-13(27)12(26)10(7-25)29-16/h1-2,4-5,10,12-13,16,25-27H,7H2,(H2,21,28)/t10-,12-,13-,16?/m1/s1. The monoisotopic (exact) mass is 412 g/mol. The number of nitrogens with zero attached hydrogens (tertiary/aromatic N) is 3.